The number of imidazole rings is 1. The maximum atomic E-state index is 5.18. The summed E-state index contributed by atoms with van der Waals surface area (Å²) in [5.74, 6) is 0. The smallest absolute Gasteiger partial charge is 0.0952 e. The van der Waals surface area contributed by atoms with Crippen LogP contribution >= 0.6 is 0 Å². The average molecular weight is 209 g/mol. The Kier molecular flexibility index (Phi) is 3.38. The Labute approximate surface area is 90.6 Å². The largest absolute Gasteiger partial charge is 0.383 e. The van der Waals surface area contributed by atoms with E-state index in [4.69, 9.17) is 4.74 Å². The van der Waals surface area contributed by atoms with Crippen LogP contribution in [0, 0.1) is 0 Å². The maximum absolute atomic E-state index is 5.18. The number of aromatic nitrogens is 2. The molecule has 2 heterocycles. The van der Waals surface area contributed by atoms with Gasteiger partial charge in [-0.05, 0) is 26.3 Å². The van der Waals surface area contributed by atoms with Gasteiger partial charge in [0.2, 0.25) is 0 Å². The van der Waals surface area contributed by atoms with Crippen molar-refractivity contribution in [2.45, 2.75) is 31.8 Å². The minimum atomic E-state index is 0.356. The standard InChI is InChI=1S/C11H19N3O/c1-9(7-15-2)14-8-12-6-11(14)10-4-3-5-13-10/h6,8-10,13H,3-5,7H2,1-2H3/t9?,10-/m0/s1. The lowest BCUT2D eigenvalue weighted by Gasteiger charge is -2.19. The number of ether oxygens (including phenoxy) is 1. The fourth-order valence-electron chi connectivity index (χ4n) is 2.21. The summed E-state index contributed by atoms with van der Waals surface area (Å²) < 4.78 is 7.39. The second-order valence-electron chi connectivity index (χ2n) is 4.18. The average Bonchev–Trinajstić information content (AvgIpc) is 2.88. The first-order valence-electron chi connectivity index (χ1n) is 5.57. The van der Waals surface area contributed by atoms with E-state index in [0.29, 0.717) is 12.1 Å². The fourth-order valence-corrected chi connectivity index (χ4v) is 2.21. The SMILES string of the molecule is COCC(C)n1cncc1[C@@H]1CCCN1. The second kappa shape index (κ2) is 4.77. The molecule has 1 aliphatic rings. The van der Waals surface area contributed by atoms with Gasteiger partial charge in [-0.15, -0.1) is 0 Å². The molecule has 1 aromatic heterocycles. The van der Waals surface area contributed by atoms with Crippen molar-refractivity contribution in [3.63, 3.8) is 0 Å². The van der Waals surface area contributed by atoms with Gasteiger partial charge in [0.15, 0.2) is 0 Å². The van der Waals surface area contributed by atoms with Crippen molar-refractivity contribution in [3.05, 3.63) is 18.2 Å². The third-order valence-corrected chi connectivity index (χ3v) is 3.00. The lowest BCUT2D eigenvalue weighted by atomic mass is 10.1. The van der Waals surface area contributed by atoms with Gasteiger partial charge in [0, 0.05) is 19.3 Å². The highest BCUT2D eigenvalue weighted by Gasteiger charge is 2.21. The molecule has 2 atom stereocenters. The van der Waals surface area contributed by atoms with Gasteiger partial charge >= 0.3 is 0 Å². The highest BCUT2D eigenvalue weighted by Crippen LogP contribution is 2.24. The summed E-state index contributed by atoms with van der Waals surface area (Å²) in [6, 6.07) is 0.835. The fraction of sp³-hybridized carbons (Fsp3) is 0.727. The normalized spacial score (nSPS) is 23.2. The number of methoxy groups -OCH3 is 1. The zero-order chi connectivity index (χ0) is 10.7. The number of hydrogen-bond donors (Lipinski definition) is 1. The molecule has 84 valence electrons. The maximum Gasteiger partial charge on any atom is 0.0952 e. The molecule has 0 radical (unpaired) electrons. The molecule has 1 aliphatic heterocycles. The molecule has 0 aromatic carbocycles. The monoisotopic (exact) mass is 209 g/mol. The summed E-state index contributed by atoms with van der Waals surface area (Å²) in [6.07, 6.45) is 6.34. The van der Waals surface area contributed by atoms with E-state index < -0.39 is 0 Å². The molecule has 1 unspecified atom stereocenters. The number of hydrogen-bond acceptors (Lipinski definition) is 3. The van der Waals surface area contributed by atoms with Crippen LogP contribution in [0.1, 0.15) is 37.5 Å². The van der Waals surface area contributed by atoms with Crippen molar-refractivity contribution >= 4 is 0 Å². The van der Waals surface area contributed by atoms with Crippen LogP contribution in [0.3, 0.4) is 0 Å². The van der Waals surface area contributed by atoms with E-state index in [1.807, 2.05) is 12.5 Å². The highest BCUT2D eigenvalue weighted by molar-refractivity contribution is 5.08. The van der Waals surface area contributed by atoms with Crippen molar-refractivity contribution < 1.29 is 4.74 Å². The van der Waals surface area contributed by atoms with E-state index in [1.54, 1.807) is 7.11 Å². The summed E-state index contributed by atoms with van der Waals surface area (Å²) in [7, 11) is 1.74. The van der Waals surface area contributed by atoms with Crippen LogP contribution in [0.2, 0.25) is 0 Å². The minimum absolute atomic E-state index is 0.356. The molecular weight excluding hydrogens is 190 g/mol. The molecule has 0 aliphatic carbocycles. The van der Waals surface area contributed by atoms with Crippen LogP contribution in [-0.2, 0) is 4.74 Å². The van der Waals surface area contributed by atoms with Crippen LogP contribution < -0.4 is 5.32 Å². The van der Waals surface area contributed by atoms with Gasteiger partial charge in [0.1, 0.15) is 0 Å². The minimum Gasteiger partial charge on any atom is -0.383 e. The lowest BCUT2D eigenvalue weighted by Crippen LogP contribution is -2.20. The Balaban J connectivity index is 2.13. The molecule has 4 heteroatoms. The summed E-state index contributed by atoms with van der Waals surface area (Å²) in [4.78, 5) is 4.24. The van der Waals surface area contributed by atoms with Gasteiger partial charge in [-0.2, -0.15) is 0 Å². The molecule has 15 heavy (non-hydrogen) atoms. The Hall–Kier alpha value is -0.870. The number of nitrogens with one attached hydrogen (secondary N) is 1. The molecule has 0 amide bonds. The molecule has 0 saturated carbocycles. The predicted molar refractivity (Wildman–Crippen MR) is 58.8 cm³/mol. The zero-order valence-corrected chi connectivity index (χ0v) is 9.44. The first-order valence-corrected chi connectivity index (χ1v) is 5.57. The van der Waals surface area contributed by atoms with Crippen molar-refractivity contribution in [3.8, 4) is 0 Å². The van der Waals surface area contributed by atoms with E-state index in [-0.39, 0.29) is 0 Å². The molecule has 0 bridgehead atoms. The van der Waals surface area contributed by atoms with E-state index in [9.17, 15) is 0 Å². The molecule has 2 rings (SSSR count). The molecule has 1 N–H and O–H groups in total. The number of rotatable bonds is 4. The zero-order valence-electron chi connectivity index (χ0n) is 9.44. The van der Waals surface area contributed by atoms with Gasteiger partial charge < -0.3 is 14.6 Å². The van der Waals surface area contributed by atoms with Crippen LogP contribution in [0.25, 0.3) is 0 Å². The lowest BCUT2D eigenvalue weighted by molar-refractivity contribution is 0.160. The molecule has 0 spiro atoms. The Morgan fingerprint density at radius 2 is 2.60 bits per heavy atom. The van der Waals surface area contributed by atoms with Crippen molar-refractivity contribution in [1.82, 2.24) is 14.9 Å². The Morgan fingerprint density at radius 1 is 1.73 bits per heavy atom. The summed E-state index contributed by atoms with van der Waals surface area (Å²) in [5.41, 5.74) is 1.29. The van der Waals surface area contributed by atoms with Crippen LogP contribution in [0.15, 0.2) is 12.5 Å². The van der Waals surface area contributed by atoms with E-state index >= 15 is 0 Å². The second-order valence-corrected chi connectivity index (χ2v) is 4.18. The summed E-state index contributed by atoms with van der Waals surface area (Å²) >= 11 is 0. The summed E-state index contributed by atoms with van der Waals surface area (Å²) in [6.45, 7) is 4.01. The third-order valence-electron chi connectivity index (χ3n) is 3.00. The van der Waals surface area contributed by atoms with Crippen molar-refractivity contribution in [1.29, 1.82) is 0 Å². The van der Waals surface area contributed by atoms with Crippen molar-refractivity contribution in [2.24, 2.45) is 0 Å². The predicted octanol–water partition coefficient (Wildman–Crippen LogP) is 1.52. The van der Waals surface area contributed by atoms with Gasteiger partial charge in [0.25, 0.3) is 0 Å². The summed E-state index contributed by atoms with van der Waals surface area (Å²) in [5, 5.41) is 3.49. The van der Waals surface area contributed by atoms with Crippen LogP contribution in [0.5, 0.6) is 0 Å². The highest BCUT2D eigenvalue weighted by atomic mass is 16.5. The van der Waals surface area contributed by atoms with Crippen LogP contribution in [0.4, 0.5) is 0 Å². The topological polar surface area (TPSA) is 39.1 Å². The first kappa shape index (κ1) is 10.6. The molecule has 1 aromatic rings. The Bertz CT molecular complexity index is 305. The van der Waals surface area contributed by atoms with Crippen LogP contribution in [-0.4, -0.2) is 29.8 Å². The van der Waals surface area contributed by atoms with Gasteiger partial charge in [0.05, 0.1) is 24.7 Å². The number of nitrogens with zero attached hydrogens (tertiary/aromatic N) is 2. The van der Waals surface area contributed by atoms with E-state index in [1.165, 1.54) is 18.5 Å². The van der Waals surface area contributed by atoms with Gasteiger partial charge in [-0.25, -0.2) is 4.98 Å². The molecular formula is C11H19N3O. The first-order chi connectivity index (χ1) is 7.33. The Morgan fingerprint density at radius 3 is 3.27 bits per heavy atom. The van der Waals surface area contributed by atoms with E-state index in [2.05, 4.69) is 21.8 Å². The van der Waals surface area contributed by atoms with Gasteiger partial charge in [-0.1, -0.05) is 0 Å². The molecule has 1 fully saturated rings. The van der Waals surface area contributed by atoms with Crippen molar-refractivity contribution in [2.75, 3.05) is 20.3 Å². The van der Waals surface area contributed by atoms with Gasteiger partial charge in [-0.3, -0.25) is 0 Å². The third kappa shape index (κ3) is 2.21. The van der Waals surface area contributed by atoms with E-state index in [0.717, 1.165) is 13.2 Å². The quantitative estimate of drug-likeness (QED) is 0.817. The molecule has 4 nitrogen and oxygen atoms in total. The molecule has 1 saturated heterocycles.